The summed E-state index contributed by atoms with van der Waals surface area (Å²) in [6.07, 6.45) is 19.1. The van der Waals surface area contributed by atoms with Crippen molar-refractivity contribution in [1.82, 2.24) is 5.32 Å². The SMILES string of the molecule is C1=CC2C3CCNC3CCC2C2CCC3CCCCC3C12. The van der Waals surface area contributed by atoms with Crippen LogP contribution in [0.25, 0.3) is 0 Å². The number of rotatable bonds is 0. The lowest BCUT2D eigenvalue weighted by Gasteiger charge is -2.53. The topological polar surface area (TPSA) is 12.0 Å². The molecule has 1 saturated heterocycles. The van der Waals surface area contributed by atoms with E-state index in [-0.39, 0.29) is 0 Å². The van der Waals surface area contributed by atoms with Crippen LogP contribution in [0.3, 0.4) is 0 Å². The zero-order chi connectivity index (χ0) is 13.8. The number of nitrogens with one attached hydrogen (secondary N) is 1. The summed E-state index contributed by atoms with van der Waals surface area (Å²) in [4.78, 5) is 0. The van der Waals surface area contributed by atoms with Crippen LogP contribution < -0.4 is 5.32 Å². The van der Waals surface area contributed by atoms with Gasteiger partial charge in [0.1, 0.15) is 0 Å². The number of hydrogen-bond acceptors (Lipinski definition) is 1. The second-order valence-corrected chi connectivity index (χ2v) is 8.74. The molecule has 5 aliphatic rings. The second kappa shape index (κ2) is 5.11. The first-order valence-corrected chi connectivity index (χ1v) is 9.83. The van der Waals surface area contributed by atoms with Crippen LogP contribution >= 0.6 is 0 Å². The Hall–Kier alpha value is -0.300. The first kappa shape index (κ1) is 13.2. The van der Waals surface area contributed by atoms with E-state index in [1.165, 1.54) is 38.6 Å². The highest BCUT2D eigenvalue weighted by Crippen LogP contribution is 2.56. The zero-order valence-corrected chi connectivity index (χ0v) is 13.3. The molecule has 0 spiro atoms. The zero-order valence-electron chi connectivity index (χ0n) is 13.3. The van der Waals surface area contributed by atoms with E-state index < -0.39 is 0 Å². The fraction of sp³-hybridized carbons (Fsp3) is 0.900. The predicted octanol–water partition coefficient (Wildman–Crippen LogP) is 4.39. The summed E-state index contributed by atoms with van der Waals surface area (Å²) in [7, 11) is 0. The van der Waals surface area contributed by atoms with E-state index >= 15 is 0 Å². The second-order valence-electron chi connectivity index (χ2n) is 8.74. The molecule has 5 rings (SSSR count). The van der Waals surface area contributed by atoms with Crippen LogP contribution in [0.5, 0.6) is 0 Å². The van der Waals surface area contributed by atoms with E-state index in [4.69, 9.17) is 0 Å². The van der Waals surface area contributed by atoms with Gasteiger partial charge in [-0.3, -0.25) is 0 Å². The van der Waals surface area contributed by atoms with Gasteiger partial charge in [0.2, 0.25) is 0 Å². The van der Waals surface area contributed by atoms with Gasteiger partial charge in [0, 0.05) is 6.04 Å². The molecule has 0 amide bonds. The molecule has 21 heavy (non-hydrogen) atoms. The summed E-state index contributed by atoms with van der Waals surface area (Å²) in [6, 6.07) is 0.860. The molecule has 1 heteroatoms. The van der Waals surface area contributed by atoms with Crippen molar-refractivity contribution in [3.05, 3.63) is 12.2 Å². The van der Waals surface area contributed by atoms with Crippen molar-refractivity contribution in [2.24, 2.45) is 41.4 Å². The first-order valence-electron chi connectivity index (χ1n) is 9.83. The summed E-state index contributed by atoms with van der Waals surface area (Å²) >= 11 is 0. The van der Waals surface area contributed by atoms with Crippen LogP contribution in [0, 0.1) is 41.4 Å². The Bertz CT molecular complexity index is 428. The molecule has 0 aromatic heterocycles. The lowest BCUT2D eigenvalue weighted by Crippen LogP contribution is -2.48. The summed E-state index contributed by atoms with van der Waals surface area (Å²) in [6.45, 7) is 1.28. The smallest absolute Gasteiger partial charge is 0.0102 e. The molecule has 1 nitrogen and oxygen atoms in total. The van der Waals surface area contributed by atoms with Gasteiger partial charge in [-0.1, -0.05) is 31.4 Å². The fourth-order valence-corrected chi connectivity index (χ4v) is 7.29. The van der Waals surface area contributed by atoms with Crippen molar-refractivity contribution >= 4 is 0 Å². The number of hydrogen-bond donors (Lipinski definition) is 1. The highest BCUT2D eigenvalue weighted by atomic mass is 15.0. The van der Waals surface area contributed by atoms with Crippen LogP contribution in [0.15, 0.2) is 12.2 Å². The van der Waals surface area contributed by atoms with Crippen molar-refractivity contribution in [2.45, 2.75) is 63.8 Å². The van der Waals surface area contributed by atoms with E-state index in [1.54, 1.807) is 25.7 Å². The van der Waals surface area contributed by atoms with Gasteiger partial charge in [-0.05, 0) is 86.5 Å². The molecule has 1 heterocycles. The van der Waals surface area contributed by atoms with Gasteiger partial charge in [-0.25, -0.2) is 0 Å². The molecule has 0 bridgehead atoms. The Morgan fingerprint density at radius 2 is 1.38 bits per heavy atom. The largest absolute Gasteiger partial charge is 0.314 e. The quantitative estimate of drug-likeness (QED) is 0.651. The van der Waals surface area contributed by atoms with Crippen LogP contribution in [0.1, 0.15) is 57.8 Å². The Labute approximate surface area is 130 Å². The Kier molecular flexibility index (Phi) is 3.21. The fourth-order valence-electron chi connectivity index (χ4n) is 7.29. The van der Waals surface area contributed by atoms with E-state index in [1.807, 2.05) is 0 Å². The molecule has 116 valence electrons. The number of allylic oxidation sites excluding steroid dienone is 2. The summed E-state index contributed by atoms with van der Waals surface area (Å²) in [5.41, 5.74) is 0. The Morgan fingerprint density at radius 3 is 2.29 bits per heavy atom. The predicted molar refractivity (Wildman–Crippen MR) is 86.9 cm³/mol. The van der Waals surface area contributed by atoms with Gasteiger partial charge in [-0.15, -0.1) is 0 Å². The van der Waals surface area contributed by atoms with Gasteiger partial charge >= 0.3 is 0 Å². The Morgan fingerprint density at radius 1 is 0.619 bits per heavy atom. The molecule has 1 N–H and O–H groups in total. The lowest BCUT2D eigenvalue weighted by molar-refractivity contribution is 0.00286. The molecular weight excluding hydrogens is 254 g/mol. The first-order chi connectivity index (χ1) is 10.4. The maximum Gasteiger partial charge on any atom is 0.0102 e. The normalized spacial score (nSPS) is 55.2. The number of fused-ring (bicyclic) bond motifs is 7. The third-order valence-electron chi connectivity index (χ3n) is 8.13. The molecule has 8 atom stereocenters. The molecular formula is C20H31N. The van der Waals surface area contributed by atoms with E-state index in [0.717, 1.165) is 47.5 Å². The van der Waals surface area contributed by atoms with Gasteiger partial charge < -0.3 is 5.32 Å². The maximum absolute atomic E-state index is 3.77. The molecule has 4 aliphatic carbocycles. The maximum atomic E-state index is 3.77. The highest BCUT2D eigenvalue weighted by Gasteiger charge is 2.50. The molecule has 0 aromatic rings. The molecule has 0 radical (unpaired) electrons. The van der Waals surface area contributed by atoms with Crippen LogP contribution in [0.2, 0.25) is 0 Å². The summed E-state index contributed by atoms with van der Waals surface area (Å²) < 4.78 is 0. The third-order valence-corrected chi connectivity index (χ3v) is 8.13. The monoisotopic (exact) mass is 285 g/mol. The summed E-state index contributed by atoms with van der Waals surface area (Å²) in [5.74, 6) is 7.13. The van der Waals surface area contributed by atoms with Gasteiger partial charge in [0.25, 0.3) is 0 Å². The average Bonchev–Trinajstić information content (AvgIpc) is 3.03. The molecule has 0 aromatic carbocycles. The van der Waals surface area contributed by atoms with Gasteiger partial charge in [0.15, 0.2) is 0 Å². The van der Waals surface area contributed by atoms with Crippen molar-refractivity contribution in [3.8, 4) is 0 Å². The van der Waals surface area contributed by atoms with Crippen molar-refractivity contribution in [1.29, 1.82) is 0 Å². The minimum Gasteiger partial charge on any atom is -0.314 e. The third kappa shape index (κ3) is 1.99. The Balaban J connectivity index is 1.43. The van der Waals surface area contributed by atoms with Crippen LogP contribution in [-0.4, -0.2) is 12.6 Å². The van der Waals surface area contributed by atoms with Gasteiger partial charge in [0.05, 0.1) is 0 Å². The van der Waals surface area contributed by atoms with Crippen molar-refractivity contribution in [2.75, 3.05) is 6.54 Å². The standard InChI is InChI=1S/C20H31N/c1-2-4-14-13(3-1)5-6-16-15(14)7-8-18-17(16)9-10-20-19(18)11-12-21-20/h7-8,13-21H,1-6,9-12H2. The van der Waals surface area contributed by atoms with E-state index in [2.05, 4.69) is 17.5 Å². The van der Waals surface area contributed by atoms with Crippen LogP contribution in [0.4, 0.5) is 0 Å². The van der Waals surface area contributed by atoms with Gasteiger partial charge in [-0.2, -0.15) is 0 Å². The van der Waals surface area contributed by atoms with Crippen molar-refractivity contribution in [3.63, 3.8) is 0 Å². The highest BCUT2D eigenvalue weighted by molar-refractivity contribution is 5.14. The average molecular weight is 285 g/mol. The molecule has 8 unspecified atom stereocenters. The molecule has 4 fully saturated rings. The summed E-state index contributed by atoms with van der Waals surface area (Å²) in [5, 5.41) is 3.77. The van der Waals surface area contributed by atoms with E-state index in [0.29, 0.717) is 0 Å². The molecule has 1 aliphatic heterocycles. The van der Waals surface area contributed by atoms with E-state index in [9.17, 15) is 0 Å². The minimum absolute atomic E-state index is 0.860. The lowest BCUT2D eigenvalue weighted by atomic mass is 9.52. The molecule has 3 saturated carbocycles. The van der Waals surface area contributed by atoms with Crippen molar-refractivity contribution < 1.29 is 0 Å². The van der Waals surface area contributed by atoms with Crippen LogP contribution in [-0.2, 0) is 0 Å². The minimum atomic E-state index is 0.860.